The molecule has 0 fully saturated rings. The molecule has 0 saturated heterocycles. The van der Waals surface area contributed by atoms with E-state index in [0.717, 1.165) is 22.6 Å². The Morgan fingerprint density at radius 1 is 1.00 bits per heavy atom. The van der Waals surface area contributed by atoms with E-state index in [1.54, 1.807) is 6.07 Å². The highest BCUT2D eigenvalue weighted by atomic mass is 16.5. The highest BCUT2D eigenvalue weighted by Gasteiger charge is 2.11. The highest BCUT2D eigenvalue weighted by Crippen LogP contribution is 2.21. The van der Waals surface area contributed by atoms with Crippen LogP contribution in [-0.2, 0) is 0 Å². The number of hydrogen-bond donors (Lipinski definition) is 2. The van der Waals surface area contributed by atoms with Crippen molar-refractivity contribution in [3.05, 3.63) is 65.9 Å². The molecule has 150 valence electrons. The Bertz CT molecular complexity index is 976. The fraction of sp³-hybridized carbons (Fsp3) is 0.227. The molecule has 1 heterocycles. The topological polar surface area (TPSA) is 88.6 Å². The van der Waals surface area contributed by atoms with Crippen molar-refractivity contribution in [2.75, 3.05) is 13.2 Å². The molecule has 2 aromatic carbocycles. The van der Waals surface area contributed by atoms with Gasteiger partial charge in [0.25, 0.3) is 5.91 Å². The molecule has 0 atom stereocenters. The van der Waals surface area contributed by atoms with Crippen LogP contribution in [0.25, 0.3) is 11.3 Å². The number of carbonyl (C=O) groups is 1. The van der Waals surface area contributed by atoms with Crippen molar-refractivity contribution in [3.63, 3.8) is 0 Å². The van der Waals surface area contributed by atoms with Crippen molar-refractivity contribution in [3.8, 4) is 22.8 Å². The third-order valence-electron chi connectivity index (χ3n) is 4.19. The van der Waals surface area contributed by atoms with Gasteiger partial charge in [-0.25, -0.2) is 5.43 Å². The van der Waals surface area contributed by atoms with Gasteiger partial charge in [-0.05, 0) is 80.9 Å². The fourth-order valence-electron chi connectivity index (χ4n) is 2.69. The van der Waals surface area contributed by atoms with Crippen LogP contribution in [0.5, 0.6) is 11.5 Å². The molecule has 0 aliphatic rings. The predicted molar refractivity (Wildman–Crippen MR) is 112 cm³/mol. The molecule has 7 heteroatoms. The first-order chi connectivity index (χ1) is 14.1. The normalized spacial score (nSPS) is 11.2. The van der Waals surface area contributed by atoms with Crippen LogP contribution >= 0.6 is 0 Å². The van der Waals surface area contributed by atoms with Gasteiger partial charge in [0.05, 0.1) is 24.6 Å². The van der Waals surface area contributed by atoms with Crippen molar-refractivity contribution < 1.29 is 14.3 Å². The van der Waals surface area contributed by atoms with E-state index in [0.29, 0.717) is 30.3 Å². The molecule has 0 aliphatic carbocycles. The molecule has 1 amide bonds. The molecular formula is C22H24N4O3. The number of nitrogens with zero attached hydrogens (tertiary/aromatic N) is 2. The second-order valence-electron chi connectivity index (χ2n) is 6.22. The summed E-state index contributed by atoms with van der Waals surface area (Å²) >= 11 is 0. The lowest BCUT2D eigenvalue weighted by Crippen LogP contribution is -2.19. The first-order valence-corrected chi connectivity index (χ1v) is 9.47. The second-order valence-corrected chi connectivity index (χ2v) is 6.22. The summed E-state index contributed by atoms with van der Waals surface area (Å²) in [5.41, 5.74) is 6.03. The van der Waals surface area contributed by atoms with E-state index >= 15 is 0 Å². The molecular weight excluding hydrogens is 368 g/mol. The molecule has 7 nitrogen and oxygen atoms in total. The molecule has 0 aliphatic heterocycles. The maximum absolute atomic E-state index is 12.4. The molecule has 0 spiro atoms. The van der Waals surface area contributed by atoms with Gasteiger partial charge >= 0.3 is 0 Å². The molecule has 0 radical (unpaired) electrons. The number of H-pyrrole nitrogens is 1. The monoisotopic (exact) mass is 392 g/mol. The van der Waals surface area contributed by atoms with E-state index in [1.165, 1.54) is 0 Å². The van der Waals surface area contributed by atoms with Gasteiger partial charge in [0.2, 0.25) is 0 Å². The Labute approximate surface area is 169 Å². The molecule has 1 aromatic heterocycles. The van der Waals surface area contributed by atoms with Crippen molar-refractivity contribution in [2.24, 2.45) is 5.10 Å². The molecule has 2 N–H and O–H groups in total. The van der Waals surface area contributed by atoms with Crippen LogP contribution in [-0.4, -0.2) is 35.0 Å². The summed E-state index contributed by atoms with van der Waals surface area (Å²) in [7, 11) is 0. The minimum atomic E-state index is -0.361. The van der Waals surface area contributed by atoms with Crippen LogP contribution in [0.3, 0.4) is 0 Å². The van der Waals surface area contributed by atoms with Crippen molar-refractivity contribution in [2.45, 2.75) is 20.8 Å². The highest BCUT2D eigenvalue weighted by molar-refractivity contribution is 6.00. The number of hydrazone groups is 1. The maximum Gasteiger partial charge on any atom is 0.289 e. The summed E-state index contributed by atoms with van der Waals surface area (Å²) < 4.78 is 10.9. The number of ether oxygens (including phenoxy) is 2. The number of nitrogens with one attached hydrogen (secondary N) is 2. The lowest BCUT2D eigenvalue weighted by atomic mass is 10.1. The SMILES string of the molecule is CCOc1ccc(/C(C)=N/NC(=O)c2cc(-c3ccc(OCC)cc3)n[nH]2)cc1. The zero-order chi connectivity index (χ0) is 20.6. The summed E-state index contributed by atoms with van der Waals surface area (Å²) in [6, 6.07) is 16.8. The van der Waals surface area contributed by atoms with Gasteiger partial charge in [-0.2, -0.15) is 10.2 Å². The van der Waals surface area contributed by atoms with Gasteiger partial charge < -0.3 is 9.47 Å². The van der Waals surface area contributed by atoms with Crippen LogP contribution in [0, 0.1) is 0 Å². The Morgan fingerprint density at radius 3 is 2.17 bits per heavy atom. The van der Waals surface area contributed by atoms with Crippen molar-refractivity contribution in [1.29, 1.82) is 0 Å². The van der Waals surface area contributed by atoms with Gasteiger partial charge in [-0.3, -0.25) is 9.89 Å². The molecule has 0 unspecified atom stereocenters. The first kappa shape index (κ1) is 20.1. The number of amides is 1. The summed E-state index contributed by atoms with van der Waals surface area (Å²) in [6.07, 6.45) is 0. The summed E-state index contributed by atoms with van der Waals surface area (Å²) in [5, 5.41) is 11.1. The van der Waals surface area contributed by atoms with E-state index in [1.807, 2.05) is 69.3 Å². The lowest BCUT2D eigenvalue weighted by molar-refractivity contribution is 0.0950. The quantitative estimate of drug-likeness (QED) is 0.447. The van der Waals surface area contributed by atoms with E-state index in [9.17, 15) is 4.79 Å². The molecule has 29 heavy (non-hydrogen) atoms. The first-order valence-electron chi connectivity index (χ1n) is 9.47. The zero-order valence-electron chi connectivity index (χ0n) is 16.7. The molecule has 3 rings (SSSR count). The van der Waals surface area contributed by atoms with Gasteiger partial charge in [0.1, 0.15) is 17.2 Å². The standard InChI is InChI=1S/C22H24N4O3/c1-4-28-18-10-6-16(7-11-18)15(3)23-26-22(27)21-14-20(24-25-21)17-8-12-19(13-9-17)29-5-2/h6-14H,4-5H2,1-3H3,(H,24,25)(H,26,27)/b23-15+. The van der Waals surface area contributed by atoms with Gasteiger partial charge in [-0.1, -0.05) is 0 Å². The Morgan fingerprint density at radius 2 is 1.59 bits per heavy atom. The van der Waals surface area contributed by atoms with Crippen LogP contribution in [0.2, 0.25) is 0 Å². The third-order valence-corrected chi connectivity index (χ3v) is 4.19. The number of aromatic amines is 1. The summed E-state index contributed by atoms with van der Waals surface area (Å²) in [4.78, 5) is 12.4. The smallest absolute Gasteiger partial charge is 0.289 e. The fourth-order valence-corrected chi connectivity index (χ4v) is 2.69. The van der Waals surface area contributed by atoms with Crippen molar-refractivity contribution in [1.82, 2.24) is 15.6 Å². The molecule has 0 saturated carbocycles. The average molecular weight is 392 g/mol. The lowest BCUT2D eigenvalue weighted by Gasteiger charge is -2.05. The Balaban J connectivity index is 1.64. The number of aromatic nitrogens is 2. The number of rotatable bonds is 8. The van der Waals surface area contributed by atoms with Crippen LogP contribution in [0.15, 0.2) is 59.7 Å². The van der Waals surface area contributed by atoms with E-state index < -0.39 is 0 Å². The average Bonchev–Trinajstić information content (AvgIpc) is 3.24. The molecule has 0 bridgehead atoms. The van der Waals surface area contributed by atoms with Gasteiger partial charge in [0.15, 0.2) is 0 Å². The zero-order valence-corrected chi connectivity index (χ0v) is 16.7. The Kier molecular flexibility index (Phi) is 6.63. The van der Waals surface area contributed by atoms with E-state index in [-0.39, 0.29) is 5.91 Å². The van der Waals surface area contributed by atoms with Crippen molar-refractivity contribution >= 4 is 11.6 Å². The van der Waals surface area contributed by atoms with E-state index in [2.05, 4.69) is 20.7 Å². The Hall–Kier alpha value is -3.61. The van der Waals surface area contributed by atoms with Gasteiger partial charge in [0, 0.05) is 5.56 Å². The predicted octanol–water partition coefficient (Wildman–Crippen LogP) is 4.03. The number of benzene rings is 2. The van der Waals surface area contributed by atoms with E-state index in [4.69, 9.17) is 9.47 Å². The van der Waals surface area contributed by atoms with Crippen LogP contribution in [0.1, 0.15) is 36.8 Å². The van der Waals surface area contributed by atoms with Gasteiger partial charge in [-0.15, -0.1) is 0 Å². The second kappa shape index (κ2) is 9.54. The van der Waals surface area contributed by atoms with Crippen LogP contribution < -0.4 is 14.9 Å². The third kappa shape index (κ3) is 5.22. The largest absolute Gasteiger partial charge is 0.494 e. The minimum absolute atomic E-state index is 0.331. The molecule has 3 aromatic rings. The summed E-state index contributed by atoms with van der Waals surface area (Å²) in [6.45, 7) is 6.93. The van der Waals surface area contributed by atoms with Crippen LogP contribution in [0.4, 0.5) is 0 Å². The minimum Gasteiger partial charge on any atom is -0.494 e. The maximum atomic E-state index is 12.4. The number of hydrogen-bond acceptors (Lipinski definition) is 5. The summed E-state index contributed by atoms with van der Waals surface area (Å²) in [5.74, 6) is 1.23. The number of carbonyl (C=O) groups excluding carboxylic acids is 1.